The van der Waals surface area contributed by atoms with E-state index < -0.39 is 0 Å². The smallest absolute Gasteiger partial charge is 0.0688 e. The summed E-state index contributed by atoms with van der Waals surface area (Å²) in [6.07, 6.45) is 9.77. The van der Waals surface area contributed by atoms with Gasteiger partial charge in [0.25, 0.3) is 0 Å². The quantitative estimate of drug-likeness (QED) is 0.800. The Balaban J connectivity index is 1.95. The second-order valence-corrected chi connectivity index (χ2v) is 6.42. The number of rotatable bonds is 2. The lowest BCUT2D eigenvalue weighted by Gasteiger charge is -2.38. The predicted molar refractivity (Wildman–Crippen MR) is 72.1 cm³/mol. The number of aliphatic hydroxyl groups is 1. The maximum Gasteiger partial charge on any atom is 0.0688 e. The first-order chi connectivity index (χ1) is 8.12. The van der Waals surface area contributed by atoms with Crippen molar-refractivity contribution >= 4 is 0 Å². The van der Waals surface area contributed by atoms with Crippen LogP contribution >= 0.6 is 0 Å². The molecule has 0 spiro atoms. The van der Waals surface area contributed by atoms with Gasteiger partial charge in [-0.2, -0.15) is 0 Å². The molecule has 2 nitrogen and oxygen atoms in total. The Bertz CT molecular complexity index is 235. The lowest BCUT2D eigenvalue weighted by molar-refractivity contribution is -0.0448. The van der Waals surface area contributed by atoms with E-state index >= 15 is 0 Å². The Morgan fingerprint density at radius 2 is 1.71 bits per heavy atom. The van der Waals surface area contributed by atoms with E-state index in [2.05, 4.69) is 18.7 Å². The van der Waals surface area contributed by atoms with Gasteiger partial charge in [-0.3, -0.25) is 0 Å². The molecule has 2 heteroatoms. The molecule has 0 aromatic heterocycles. The molecule has 1 aliphatic heterocycles. The lowest BCUT2D eigenvalue weighted by Crippen LogP contribution is -2.40. The number of hydrogen-bond acceptors (Lipinski definition) is 2. The Hall–Kier alpha value is -0.0800. The van der Waals surface area contributed by atoms with E-state index in [0.717, 1.165) is 19.4 Å². The van der Waals surface area contributed by atoms with Crippen LogP contribution in [0.3, 0.4) is 0 Å². The predicted octanol–water partition coefficient (Wildman–Crippen LogP) is 3.19. The lowest BCUT2D eigenvalue weighted by atomic mass is 9.73. The molecule has 1 saturated heterocycles. The van der Waals surface area contributed by atoms with Crippen molar-refractivity contribution in [1.82, 2.24) is 4.90 Å². The number of nitrogens with zero attached hydrogens (tertiary/aromatic N) is 1. The van der Waals surface area contributed by atoms with Gasteiger partial charge in [-0.05, 0) is 58.4 Å². The summed E-state index contributed by atoms with van der Waals surface area (Å²) in [5, 5.41) is 10.9. The molecular formula is C15H29NO. The zero-order valence-corrected chi connectivity index (χ0v) is 11.6. The first-order valence-electron chi connectivity index (χ1n) is 7.58. The molecule has 1 atom stereocenters. The van der Waals surface area contributed by atoms with Crippen LogP contribution in [0.25, 0.3) is 0 Å². The van der Waals surface area contributed by atoms with Crippen LogP contribution in [0.1, 0.15) is 65.2 Å². The fourth-order valence-corrected chi connectivity index (χ4v) is 3.73. The van der Waals surface area contributed by atoms with Crippen molar-refractivity contribution in [3.8, 4) is 0 Å². The monoisotopic (exact) mass is 239 g/mol. The fraction of sp³-hybridized carbons (Fsp3) is 1.00. The Labute approximate surface area is 106 Å². The summed E-state index contributed by atoms with van der Waals surface area (Å²) in [5.74, 6) is 0.586. The van der Waals surface area contributed by atoms with Gasteiger partial charge in [0.05, 0.1) is 5.60 Å². The van der Waals surface area contributed by atoms with Gasteiger partial charge < -0.3 is 10.0 Å². The van der Waals surface area contributed by atoms with Gasteiger partial charge in [-0.1, -0.05) is 19.3 Å². The molecule has 0 amide bonds. The second kappa shape index (κ2) is 5.71. The van der Waals surface area contributed by atoms with Crippen molar-refractivity contribution in [3.05, 3.63) is 0 Å². The molecule has 2 aliphatic rings. The van der Waals surface area contributed by atoms with Gasteiger partial charge >= 0.3 is 0 Å². The topological polar surface area (TPSA) is 23.5 Å². The van der Waals surface area contributed by atoms with Crippen molar-refractivity contribution in [1.29, 1.82) is 0 Å². The van der Waals surface area contributed by atoms with Crippen LogP contribution in [0.5, 0.6) is 0 Å². The van der Waals surface area contributed by atoms with E-state index in [-0.39, 0.29) is 5.60 Å². The summed E-state index contributed by atoms with van der Waals surface area (Å²) in [6, 6.07) is 0.628. The van der Waals surface area contributed by atoms with Gasteiger partial charge in [0.2, 0.25) is 0 Å². The SMILES string of the molecule is CC(C)N1CCCC(O)(C2CCCCC2)CC1. The molecule has 1 unspecified atom stereocenters. The molecule has 0 bridgehead atoms. The Morgan fingerprint density at radius 1 is 1.00 bits per heavy atom. The molecule has 1 N–H and O–H groups in total. The maximum atomic E-state index is 10.9. The van der Waals surface area contributed by atoms with Gasteiger partial charge in [-0.15, -0.1) is 0 Å². The minimum atomic E-state index is -0.343. The van der Waals surface area contributed by atoms with Crippen LogP contribution in [-0.2, 0) is 0 Å². The van der Waals surface area contributed by atoms with Gasteiger partial charge in [0, 0.05) is 12.6 Å². The average Bonchev–Trinajstić information content (AvgIpc) is 2.54. The summed E-state index contributed by atoms with van der Waals surface area (Å²) in [7, 11) is 0. The number of hydrogen-bond donors (Lipinski definition) is 1. The molecule has 100 valence electrons. The van der Waals surface area contributed by atoms with E-state index in [9.17, 15) is 5.11 Å². The van der Waals surface area contributed by atoms with Crippen LogP contribution in [0.2, 0.25) is 0 Å². The zero-order chi connectivity index (χ0) is 12.3. The van der Waals surface area contributed by atoms with Gasteiger partial charge in [0.1, 0.15) is 0 Å². The Kier molecular flexibility index (Phi) is 4.48. The summed E-state index contributed by atoms with van der Waals surface area (Å²) in [4.78, 5) is 2.53. The van der Waals surface area contributed by atoms with Crippen LogP contribution in [0.4, 0.5) is 0 Å². The largest absolute Gasteiger partial charge is 0.390 e. The van der Waals surface area contributed by atoms with E-state index in [1.807, 2.05) is 0 Å². The third kappa shape index (κ3) is 3.23. The van der Waals surface area contributed by atoms with Crippen LogP contribution in [0.15, 0.2) is 0 Å². The minimum Gasteiger partial charge on any atom is -0.390 e. The summed E-state index contributed by atoms with van der Waals surface area (Å²) in [6.45, 7) is 6.80. The summed E-state index contributed by atoms with van der Waals surface area (Å²) >= 11 is 0. The van der Waals surface area contributed by atoms with E-state index in [1.54, 1.807) is 0 Å². The summed E-state index contributed by atoms with van der Waals surface area (Å²) < 4.78 is 0. The zero-order valence-electron chi connectivity index (χ0n) is 11.6. The minimum absolute atomic E-state index is 0.343. The highest BCUT2D eigenvalue weighted by Gasteiger charge is 2.38. The molecule has 0 radical (unpaired) electrons. The third-order valence-corrected chi connectivity index (χ3v) is 4.98. The third-order valence-electron chi connectivity index (χ3n) is 4.98. The van der Waals surface area contributed by atoms with Crippen molar-refractivity contribution < 1.29 is 5.11 Å². The first kappa shape index (κ1) is 13.4. The molecule has 17 heavy (non-hydrogen) atoms. The Morgan fingerprint density at radius 3 is 2.35 bits per heavy atom. The highest BCUT2D eigenvalue weighted by atomic mass is 16.3. The molecule has 1 aliphatic carbocycles. The standard InChI is InChI=1S/C15H29NO/c1-13(2)16-11-6-9-15(17,10-12-16)14-7-4-3-5-8-14/h13-14,17H,3-12H2,1-2H3. The van der Waals surface area contributed by atoms with E-state index in [1.165, 1.54) is 45.1 Å². The molecule has 1 heterocycles. The van der Waals surface area contributed by atoms with Gasteiger partial charge in [-0.25, -0.2) is 0 Å². The van der Waals surface area contributed by atoms with Crippen LogP contribution in [0, 0.1) is 5.92 Å². The first-order valence-corrected chi connectivity index (χ1v) is 7.58. The molecule has 0 aromatic carbocycles. The average molecular weight is 239 g/mol. The van der Waals surface area contributed by atoms with Crippen molar-refractivity contribution in [2.75, 3.05) is 13.1 Å². The number of likely N-dealkylation sites (tertiary alicyclic amines) is 1. The fourth-order valence-electron chi connectivity index (χ4n) is 3.73. The normalized spacial score (nSPS) is 33.9. The summed E-state index contributed by atoms with van der Waals surface area (Å²) in [5.41, 5.74) is -0.343. The van der Waals surface area contributed by atoms with Crippen LogP contribution in [-0.4, -0.2) is 34.7 Å². The van der Waals surface area contributed by atoms with Crippen molar-refractivity contribution in [3.63, 3.8) is 0 Å². The molecule has 2 fully saturated rings. The highest BCUT2D eigenvalue weighted by Crippen LogP contribution is 2.39. The maximum absolute atomic E-state index is 10.9. The molecule has 1 saturated carbocycles. The molecule has 2 rings (SSSR count). The second-order valence-electron chi connectivity index (χ2n) is 6.42. The molecular weight excluding hydrogens is 210 g/mol. The van der Waals surface area contributed by atoms with Gasteiger partial charge in [0.15, 0.2) is 0 Å². The highest BCUT2D eigenvalue weighted by molar-refractivity contribution is 4.91. The van der Waals surface area contributed by atoms with Crippen molar-refractivity contribution in [2.45, 2.75) is 76.9 Å². The van der Waals surface area contributed by atoms with Crippen molar-refractivity contribution in [2.24, 2.45) is 5.92 Å². The van der Waals surface area contributed by atoms with Crippen LogP contribution < -0.4 is 0 Å². The van der Waals surface area contributed by atoms with E-state index in [0.29, 0.717) is 12.0 Å². The molecule has 0 aromatic rings. The van der Waals surface area contributed by atoms with E-state index in [4.69, 9.17) is 0 Å².